The van der Waals surface area contributed by atoms with E-state index in [9.17, 15) is 0 Å². The van der Waals surface area contributed by atoms with Gasteiger partial charge in [-0.1, -0.05) is 26.8 Å². The van der Waals surface area contributed by atoms with Crippen molar-refractivity contribution < 1.29 is 14.2 Å². The fourth-order valence-electron chi connectivity index (χ4n) is 1.87. The fraction of sp³-hybridized carbons (Fsp3) is 0.647. The Morgan fingerprint density at radius 1 is 1.10 bits per heavy atom. The van der Waals surface area contributed by atoms with Gasteiger partial charge in [0.2, 0.25) is 0 Å². The Balaban J connectivity index is 2.54. The van der Waals surface area contributed by atoms with Crippen molar-refractivity contribution in [2.45, 2.75) is 33.6 Å². The zero-order valence-corrected chi connectivity index (χ0v) is 13.6. The van der Waals surface area contributed by atoms with Crippen LogP contribution in [0.3, 0.4) is 0 Å². The van der Waals surface area contributed by atoms with Crippen LogP contribution in [0.5, 0.6) is 11.5 Å². The third kappa shape index (κ3) is 7.34. The molecule has 0 saturated carbocycles. The van der Waals surface area contributed by atoms with Crippen molar-refractivity contribution in [1.29, 1.82) is 0 Å². The van der Waals surface area contributed by atoms with Gasteiger partial charge < -0.3 is 19.9 Å². The summed E-state index contributed by atoms with van der Waals surface area (Å²) in [5.41, 5.74) is 6.76. The summed E-state index contributed by atoms with van der Waals surface area (Å²) in [4.78, 5) is 0. The third-order valence-corrected chi connectivity index (χ3v) is 2.86. The first-order chi connectivity index (χ1) is 10.2. The summed E-state index contributed by atoms with van der Waals surface area (Å²) in [6, 6.07) is 5.95. The maximum absolute atomic E-state index is 5.83. The lowest BCUT2D eigenvalue weighted by Crippen LogP contribution is -2.12. The molecule has 4 heteroatoms. The van der Waals surface area contributed by atoms with Gasteiger partial charge in [0.25, 0.3) is 0 Å². The van der Waals surface area contributed by atoms with Gasteiger partial charge in [-0.15, -0.1) is 0 Å². The summed E-state index contributed by atoms with van der Waals surface area (Å²) in [6.07, 6.45) is 1.79. The molecule has 1 aromatic rings. The average Bonchev–Trinajstić information content (AvgIpc) is 2.46. The van der Waals surface area contributed by atoms with Crippen molar-refractivity contribution in [3.8, 4) is 11.5 Å². The van der Waals surface area contributed by atoms with Gasteiger partial charge in [0, 0.05) is 12.7 Å². The SMILES string of the molecule is CCCOc1ccc(CCN)c(OCCOCC(C)C)c1. The molecular formula is C17H29NO3. The highest BCUT2D eigenvalue weighted by Crippen LogP contribution is 2.25. The first-order valence-corrected chi connectivity index (χ1v) is 7.83. The number of ether oxygens (including phenoxy) is 3. The molecule has 1 rings (SSSR count). The van der Waals surface area contributed by atoms with Crippen LogP contribution in [-0.2, 0) is 11.2 Å². The van der Waals surface area contributed by atoms with Crippen LogP contribution in [0.15, 0.2) is 18.2 Å². The second-order valence-electron chi connectivity index (χ2n) is 5.47. The molecule has 0 bridgehead atoms. The van der Waals surface area contributed by atoms with Crippen LogP contribution in [0.2, 0.25) is 0 Å². The van der Waals surface area contributed by atoms with E-state index >= 15 is 0 Å². The van der Waals surface area contributed by atoms with E-state index in [4.69, 9.17) is 19.9 Å². The van der Waals surface area contributed by atoms with Crippen molar-refractivity contribution in [3.63, 3.8) is 0 Å². The molecule has 0 unspecified atom stereocenters. The molecule has 0 spiro atoms. The predicted octanol–water partition coefficient (Wildman–Crippen LogP) is 3.03. The molecule has 0 amide bonds. The van der Waals surface area contributed by atoms with Crippen LogP contribution >= 0.6 is 0 Å². The summed E-state index contributed by atoms with van der Waals surface area (Å²) in [7, 11) is 0. The molecule has 2 N–H and O–H groups in total. The monoisotopic (exact) mass is 295 g/mol. The summed E-state index contributed by atoms with van der Waals surface area (Å²) < 4.78 is 17.0. The Morgan fingerprint density at radius 2 is 1.90 bits per heavy atom. The third-order valence-electron chi connectivity index (χ3n) is 2.86. The standard InChI is InChI=1S/C17H29NO3/c1-4-9-20-16-6-5-15(7-8-18)17(12-16)21-11-10-19-13-14(2)3/h5-6,12,14H,4,7-11,13,18H2,1-3H3. The van der Waals surface area contributed by atoms with E-state index in [2.05, 4.69) is 20.8 Å². The Morgan fingerprint density at radius 3 is 2.57 bits per heavy atom. The van der Waals surface area contributed by atoms with Crippen LogP contribution in [-0.4, -0.2) is 33.0 Å². The first-order valence-electron chi connectivity index (χ1n) is 7.83. The molecule has 0 aliphatic rings. The molecule has 0 aliphatic carbocycles. The molecule has 0 atom stereocenters. The maximum Gasteiger partial charge on any atom is 0.126 e. The molecule has 0 saturated heterocycles. The number of rotatable bonds is 11. The van der Waals surface area contributed by atoms with Gasteiger partial charge in [-0.25, -0.2) is 0 Å². The van der Waals surface area contributed by atoms with E-state index in [0.717, 1.165) is 36.5 Å². The van der Waals surface area contributed by atoms with Gasteiger partial charge in [0.05, 0.1) is 13.2 Å². The number of benzene rings is 1. The summed E-state index contributed by atoms with van der Waals surface area (Å²) in [5.74, 6) is 2.24. The molecule has 0 radical (unpaired) electrons. The molecule has 4 nitrogen and oxygen atoms in total. The van der Waals surface area contributed by atoms with E-state index in [1.807, 2.05) is 18.2 Å². The highest BCUT2D eigenvalue weighted by molar-refractivity contribution is 5.41. The lowest BCUT2D eigenvalue weighted by atomic mass is 10.1. The van der Waals surface area contributed by atoms with Gasteiger partial charge in [-0.05, 0) is 36.9 Å². The molecule has 0 fully saturated rings. The minimum absolute atomic E-state index is 0.543. The topological polar surface area (TPSA) is 53.7 Å². The zero-order valence-electron chi connectivity index (χ0n) is 13.6. The Labute approximate surface area is 128 Å². The van der Waals surface area contributed by atoms with Crippen molar-refractivity contribution in [2.75, 3.05) is 33.0 Å². The predicted molar refractivity (Wildman–Crippen MR) is 86.1 cm³/mol. The minimum atomic E-state index is 0.543. The van der Waals surface area contributed by atoms with Crippen molar-refractivity contribution in [3.05, 3.63) is 23.8 Å². The second kappa shape index (κ2) is 10.5. The number of hydrogen-bond donors (Lipinski definition) is 1. The van der Waals surface area contributed by atoms with Crippen LogP contribution in [0, 0.1) is 5.92 Å². The van der Waals surface area contributed by atoms with Gasteiger partial charge in [-0.2, -0.15) is 0 Å². The Bertz CT molecular complexity index is 394. The van der Waals surface area contributed by atoms with Gasteiger partial charge in [0.1, 0.15) is 18.1 Å². The molecular weight excluding hydrogens is 266 g/mol. The van der Waals surface area contributed by atoms with Crippen LogP contribution in [0.4, 0.5) is 0 Å². The van der Waals surface area contributed by atoms with E-state index in [1.165, 1.54) is 0 Å². The average molecular weight is 295 g/mol. The Hall–Kier alpha value is -1.26. The normalized spacial score (nSPS) is 10.9. The molecule has 0 heterocycles. The van der Waals surface area contributed by atoms with E-state index in [-0.39, 0.29) is 0 Å². The van der Waals surface area contributed by atoms with Crippen molar-refractivity contribution >= 4 is 0 Å². The van der Waals surface area contributed by atoms with Crippen LogP contribution in [0.1, 0.15) is 32.8 Å². The van der Waals surface area contributed by atoms with Gasteiger partial charge in [-0.3, -0.25) is 0 Å². The van der Waals surface area contributed by atoms with E-state index < -0.39 is 0 Å². The first kappa shape index (κ1) is 17.8. The summed E-state index contributed by atoms with van der Waals surface area (Å²) in [5, 5.41) is 0. The minimum Gasteiger partial charge on any atom is -0.493 e. The molecule has 0 aromatic heterocycles. The molecule has 120 valence electrons. The lowest BCUT2D eigenvalue weighted by molar-refractivity contribution is 0.0815. The smallest absolute Gasteiger partial charge is 0.126 e. The Kier molecular flexibility index (Phi) is 8.87. The van der Waals surface area contributed by atoms with Crippen molar-refractivity contribution in [1.82, 2.24) is 0 Å². The molecule has 0 aliphatic heterocycles. The fourth-order valence-corrected chi connectivity index (χ4v) is 1.87. The van der Waals surface area contributed by atoms with Crippen molar-refractivity contribution in [2.24, 2.45) is 11.7 Å². The van der Waals surface area contributed by atoms with Crippen LogP contribution in [0.25, 0.3) is 0 Å². The highest BCUT2D eigenvalue weighted by Gasteiger charge is 2.06. The summed E-state index contributed by atoms with van der Waals surface area (Å²) >= 11 is 0. The van der Waals surface area contributed by atoms with E-state index in [1.54, 1.807) is 0 Å². The second-order valence-corrected chi connectivity index (χ2v) is 5.47. The zero-order chi connectivity index (χ0) is 15.5. The van der Waals surface area contributed by atoms with Gasteiger partial charge in [0.15, 0.2) is 0 Å². The summed E-state index contributed by atoms with van der Waals surface area (Å²) in [6.45, 7) is 9.58. The quantitative estimate of drug-likeness (QED) is 0.638. The largest absolute Gasteiger partial charge is 0.493 e. The maximum atomic E-state index is 5.83. The number of hydrogen-bond acceptors (Lipinski definition) is 4. The van der Waals surface area contributed by atoms with Gasteiger partial charge >= 0.3 is 0 Å². The lowest BCUT2D eigenvalue weighted by Gasteiger charge is -2.14. The highest BCUT2D eigenvalue weighted by atomic mass is 16.5. The van der Waals surface area contributed by atoms with E-state index in [0.29, 0.717) is 32.3 Å². The molecule has 1 aromatic carbocycles. The molecule has 21 heavy (non-hydrogen) atoms. The number of nitrogens with two attached hydrogens (primary N) is 1. The van der Waals surface area contributed by atoms with Crippen LogP contribution < -0.4 is 15.2 Å².